The molecule has 32 heavy (non-hydrogen) atoms. The number of amides is 1. The number of sulfonamides is 1. The highest BCUT2D eigenvalue weighted by Crippen LogP contribution is 2.23. The average Bonchev–Trinajstić information content (AvgIpc) is 3.24. The van der Waals surface area contributed by atoms with E-state index in [0.29, 0.717) is 5.69 Å². The number of nitriles is 1. The molecule has 0 fully saturated rings. The Labute approximate surface area is 191 Å². The second-order valence-corrected chi connectivity index (χ2v) is 10.5. The highest BCUT2D eigenvalue weighted by atomic mass is 32.2. The van der Waals surface area contributed by atoms with Gasteiger partial charge in [-0.15, -0.1) is 11.3 Å². The van der Waals surface area contributed by atoms with Gasteiger partial charge in [0.15, 0.2) is 5.13 Å². The van der Waals surface area contributed by atoms with Gasteiger partial charge in [0, 0.05) is 17.3 Å². The Morgan fingerprint density at radius 1 is 1.09 bits per heavy atom. The third-order valence-electron chi connectivity index (χ3n) is 4.53. The minimum Gasteiger partial charge on any atom is -0.321 e. The summed E-state index contributed by atoms with van der Waals surface area (Å²) in [5, 5.41) is 14.0. The third kappa shape index (κ3) is 5.81. The van der Waals surface area contributed by atoms with E-state index in [1.165, 1.54) is 47.9 Å². The summed E-state index contributed by atoms with van der Waals surface area (Å²) in [6.07, 6.45) is 3.01. The van der Waals surface area contributed by atoms with Crippen molar-refractivity contribution in [1.82, 2.24) is 4.98 Å². The quantitative estimate of drug-likeness (QED) is 0.401. The van der Waals surface area contributed by atoms with Gasteiger partial charge < -0.3 is 5.32 Å². The first-order valence-corrected chi connectivity index (χ1v) is 12.0. The molecule has 1 amide bonds. The minimum atomic E-state index is -3.78. The van der Waals surface area contributed by atoms with Gasteiger partial charge in [-0.3, -0.25) is 9.52 Å². The van der Waals surface area contributed by atoms with Crippen molar-refractivity contribution in [3.8, 4) is 6.07 Å². The maximum absolute atomic E-state index is 12.5. The first-order valence-electron chi connectivity index (χ1n) is 9.64. The second-order valence-electron chi connectivity index (χ2n) is 7.96. The number of carbonyl (C=O) groups excluding carboxylic acids is 1. The van der Waals surface area contributed by atoms with Crippen LogP contribution < -0.4 is 10.0 Å². The van der Waals surface area contributed by atoms with E-state index in [1.54, 1.807) is 5.38 Å². The highest BCUT2D eigenvalue weighted by Gasteiger charge is 2.17. The van der Waals surface area contributed by atoms with Gasteiger partial charge in [0.2, 0.25) is 0 Å². The van der Waals surface area contributed by atoms with Crippen molar-refractivity contribution in [2.24, 2.45) is 0 Å². The van der Waals surface area contributed by atoms with Crippen molar-refractivity contribution in [2.45, 2.75) is 31.1 Å². The molecule has 0 bridgehead atoms. The van der Waals surface area contributed by atoms with Gasteiger partial charge in [-0.2, -0.15) is 5.26 Å². The van der Waals surface area contributed by atoms with Crippen molar-refractivity contribution in [2.75, 3.05) is 10.0 Å². The zero-order valence-corrected chi connectivity index (χ0v) is 19.4. The molecule has 2 aromatic carbocycles. The number of hydrogen-bond donors (Lipinski definition) is 2. The van der Waals surface area contributed by atoms with Crippen LogP contribution in [-0.4, -0.2) is 19.3 Å². The van der Waals surface area contributed by atoms with Gasteiger partial charge in [-0.1, -0.05) is 45.0 Å². The highest BCUT2D eigenvalue weighted by molar-refractivity contribution is 7.93. The molecule has 7 nitrogen and oxygen atoms in total. The number of carbonyl (C=O) groups is 1. The molecule has 0 radical (unpaired) electrons. The summed E-state index contributed by atoms with van der Waals surface area (Å²) in [4.78, 5) is 16.5. The maximum atomic E-state index is 12.5. The van der Waals surface area contributed by atoms with Crippen LogP contribution in [-0.2, 0) is 20.2 Å². The summed E-state index contributed by atoms with van der Waals surface area (Å²) < 4.78 is 27.2. The lowest BCUT2D eigenvalue weighted by Gasteiger charge is -2.18. The first-order chi connectivity index (χ1) is 15.1. The number of nitrogens with zero attached hydrogens (tertiary/aromatic N) is 2. The SMILES string of the molecule is CC(C)(C)c1ccc(/C=C(\C#N)C(=O)Nc2ccc(S(=O)(=O)Nc3nccs3)cc2)cc1. The second kappa shape index (κ2) is 9.34. The monoisotopic (exact) mass is 466 g/mol. The lowest BCUT2D eigenvalue weighted by atomic mass is 9.86. The van der Waals surface area contributed by atoms with E-state index in [-0.39, 0.29) is 21.0 Å². The molecule has 0 aliphatic heterocycles. The lowest BCUT2D eigenvalue weighted by molar-refractivity contribution is -0.112. The molecule has 164 valence electrons. The summed E-state index contributed by atoms with van der Waals surface area (Å²) in [5.41, 5.74) is 2.20. The molecule has 0 unspecified atom stereocenters. The van der Waals surface area contributed by atoms with Gasteiger partial charge >= 0.3 is 0 Å². The number of rotatable bonds is 6. The molecule has 0 aliphatic carbocycles. The molecule has 1 aromatic heterocycles. The zero-order chi connectivity index (χ0) is 23.4. The molecular formula is C23H22N4O3S2. The Kier molecular flexibility index (Phi) is 6.77. The summed E-state index contributed by atoms with van der Waals surface area (Å²) >= 11 is 1.17. The fraction of sp³-hybridized carbons (Fsp3) is 0.174. The average molecular weight is 467 g/mol. The largest absolute Gasteiger partial charge is 0.321 e. The Morgan fingerprint density at radius 3 is 2.28 bits per heavy atom. The van der Waals surface area contributed by atoms with Gasteiger partial charge in [0.25, 0.3) is 15.9 Å². The standard InChI is InChI=1S/C23H22N4O3S2/c1-23(2,3)18-6-4-16(5-7-18)14-17(15-24)21(28)26-19-8-10-20(11-9-19)32(29,30)27-22-25-12-13-31-22/h4-14H,1-3H3,(H,25,27)(H,26,28)/b17-14+. The summed E-state index contributed by atoms with van der Waals surface area (Å²) in [6, 6.07) is 15.2. The van der Waals surface area contributed by atoms with Crippen LogP contribution in [0.4, 0.5) is 10.8 Å². The van der Waals surface area contributed by atoms with Crippen LogP contribution in [0, 0.1) is 11.3 Å². The Balaban J connectivity index is 1.71. The van der Waals surface area contributed by atoms with Gasteiger partial charge in [0.05, 0.1) is 4.90 Å². The summed E-state index contributed by atoms with van der Waals surface area (Å²) in [7, 11) is -3.78. The van der Waals surface area contributed by atoms with Gasteiger partial charge in [-0.05, 0) is 46.9 Å². The van der Waals surface area contributed by atoms with Crippen molar-refractivity contribution >= 4 is 44.2 Å². The van der Waals surface area contributed by atoms with E-state index in [0.717, 1.165) is 11.1 Å². The number of nitrogens with one attached hydrogen (secondary N) is 2. The van der Waals surface area contributed by atoms with Crippen LogP contribution in [0.15, 0.2) is 70.6 Å². The van der Waals surface area contributed by atoms with Crippen LogP contribution in [0.1, 0.15) is 31.9 Å². The molecule has 0 aliphatic rings. The predicted molar refractivity (Wildman–Crippen MR) is 127 cm³/mol. The Hall–Kier alpha value is -3.48. The van der Waals surface area contributed by atoms with Crippen LogP contribution in [0.25, 0.3) is 6.08 Å². The Bertz CT molecular complexity index is 1270. The van der Waals surface area contributed by atoms with Crippen LogP contribution >= 0.6 is 11.3 Å². The smallest absolute Gasteiger partial charge is 0.266 e. The molecule has 1 heterocycles. The predicted octanol–water partition coefficient (Wildman–Crippen LogP) is 4.79. The van der Waals surface area contributed by atoms with Crippen LogP contribution in [0.3, 0.4) is 0 Å². The van der Waals surface area contributed by atoms with E-state index in [9.17, 15) is 18.5 Å². The zero-order valence-electron chi connectivity index (χ0n) is 17.8. The number of aromatic nitrogens is 1. The van der Waals surface area contributed by atoms with E-state index in [2.05, 4.69) is 35.8 Å². The van der Waals surface area contributed by atoms with Gasteiger partial charge in [-0.25, -0.2) is 13.4 Å². The molecule has 3 aromatic rings. The molecule has 0 saturated heterocycles. The molecular weight excluding hydrogens is 444 g/mol. The molecule has 9 heteroatoms. The molecule has 0 spiro atoms. The van der Waals surface area contributed by atoms with E-state index >= 15 is 0 Å². The molecule has 2 N–H and O–H groups in total. The van der Waals surface area contributed by atoms with E-state index < -0.39 is 15.9 Å². The van der Waals surface area contributed by atoms with E-state index in [4.69, 9.17) is 0 Å². The van der Waals surface area contributed by atoms with E-state index in [1.807, 2.05) is 30.3 Å². The molecule has 0 saturated carbocycles. The number of anilines is 2. The summed E-state index contributed by atoms with van der Waals surface area (Å²) in [6.45, 7) is 6.33. The first kappa shape index (κ1) is 23.2. The summed E-state index contributed by atoms with van der Waals surface area (Å²) in [5.74, 6) is -0.580. The van der Waals surface area contributed by atoms with Gasteiger partial charge in [0.1, 0.15) is 11.6 Å². The van der Waals surface area contributed by atoms with Crippen molar-refractivity contribution < 1.29 is 13.2 Å². The van der Waals surface area contributed by atoms with Crippen molar-refractivity contribution in [3.63, 3.8) is 0 Å². The van der Waals surface area contributed by atoms with Crippen LogP contribution in [0.5, 0.6) is 0 Å². The van der Waals surface area contributed by atoms with Crippen molar-refractivity contribution in [3.05, 3.63) is 76.8 Å². The number of thiazole rings is 1. The topological polar surface area (TPSA) is 112 Å². The normalized spacial score (nSPS) is 12.1. The minimum absolute atomic E-state index is 0.00707. The number of benzene rings is 2. The number of hydrogen-bond acceptors (Lipinski definition) is 6. The maximum Gasteiger partial charge on any atom is 0.266 e. The molecule has 0 atom stereocenters. The Morgan fingerprint density at radius 2 is 1.75 bits per heavy atom. The van der Waals surface area contributed by atoms with Crippen LogP contribution in [0.2, 0.25) is 0 Å². The lowest BCUT2D eigenvalue weighted by Crippen LogP contribution is -2.15. The van der Waals surface area contributed by atoms with Crippen molar-refractivity contribution in [1.29, 1.82) is 5.26 Å². The third-order valence-corrected chi connectivity index (χ3v) is 6.70. The molecule has 3 rings (SSSR count). The fourth-order valence-electron chi connectivity index (χ4n) is 2.76. The fourth-order valence-corrected chi connectivity index (χ4v) is 4.55.